The lowest BCUT2D eigenvalue weighted by molar-refractivity contribution is 0.455. The van der Waals surface area contributed by atoms with Crippen molar-refractivity contribution in [3.63, 3.8) is 0 Å². The molecule has 5 heteroatoms. The number of benzene rings is 2. The van der Waals surface area contributed by atoms with Crippen LogP contribution in [0.5, 0.6) is 11.5 Å². The van der Waals surface area contributed by atoms with Gasteiger partial charge in [-0.15, -0.1) is 0 Å². The molecule has 4 N–H and O–H groups in total. The average molecular weight is 255 g/mol. The van der Waals surface area contributed by atoms with Crippen molar-refractivity contribution in [2.24, 2.45) is 0 Å². The standard InChI is InChI=1S/C14H16BN2O2/c1-9-7-11(16)3-5-13(9)18-15-19-14-6-4-12(17)8-10(14)2/h3-8H,16-17H2,1-2H3. The predicted octanol–water partition coefficient (Wildman–Crippen LogP) is 2.46. The van der Waals surface area contributed by atoms with Crippen LogP contribution in [0.1, 0.15) is 11.1 Å². The van der Waals surface area contributed by atoms with E-state index in [9.17, 15) is 0 Å². The zero-order valence-corrected chi connectivity index (χ0v) is 11.0. The van der Waals surface area contributed by atoms with Gasteiger partial charge < -0.3 is 20.8 Å². The highest BCUT2D eigenvalue weighted by Gasteiger charge is 2.06. The molecule has 1 radical (unpaired) electrons. The van der Waals surface area contributed by atoms with Crippen LogP contribution in [0.4, 0.5) is 11.4 Å². The molecule has 0 fully saturated rings. The maximum absolute atomic E-state index is 5.67. The van der Waals surface area contributed by atoms with Crippen molar-refractivity contribution < 1.29 is 9.31 Å². The summed E-state index contributed by atoms with van der Waals surface area (Å²) in [6.45, 7) is 3.85. The Morgan fingerprint density at radius 2 is 1.21 bits per heavy atom. The first kappa shape index (κ1) is 13.1. The van der Waals surface area contributed by atoms with Crippen LogP contribution >= 0.6 is 0 Å². The van der Waals surface area contributed by atoms with Crippen LogP contribution in [0.2, 0.25) is 0 Å². The van der Waals surface area contributed by atoms with Gasteiger partial charge in [-0.2, -0.15) is 0 Å². The van der Waals surface area contributed by atoms with Gasteiger partial charge in [0.15, 0.2) is 0 Å². The Bertz CT molecular complexity index is 536. The third kappa shape index (κ3) is 3.34. The van der Waals surface area contributed by atoms with E-state index in [0.717, 1.165) is 11.1 Å². The summed E-state index contributed by atoms with van der Waals surface area (Å²) >= 11 is 0. The molecule has 0 aliphatic carbocycles. The number of anilines is 2. The van der Waals surface area contributed by atoms with E-state index < -0.39 is 0 Å². The normalized spacial score (nSPS) is 10.0. The van der Waals surface area contributed by atoms with Gasteiger partial charge >= 0.3 is 7.69 Å². The molecule has 2 rings (SSSR count). The van der Waals surface area contributed by atoms with Crippen LogP contribution in [-0.2, 0) is 0 Å². The number of nitrogens with two attached hydrogens (primary N) is 2. The Morgan fingerprint density at radius 1 is 0.789 bits per heavy atom. The van der Waals surface area contributed by atoms with Crippen molar-refractivity contribution >= 4 is 19.1 Å². The maximum Gasteiger partial charge on any atom is 0.658 e. The fourth-order valence-electron chi connectivity index (χ4n) is 1.74. The van der Waals surface area contributed by atoms with E-state index in [1.165, 1.54) is 7.69 Å². The van der Waals surface area contributed by atoms with E-state index >= 15 is 0 Å². The minimum Gasteiger partial charge on any atom is -0.526 e. The smallest absolute Gasteiger partial charge is 0.526 e. The molecule has 0 heterocycles. The lowest BCUT2D eigenvalue weighted by Gasteiger charge is -2.11. The van der Waals surface area contributed by atoms with Gasteiger partial charge in [-0.1, -0.05) is 0 Å². The fourth-order valence-corrected chi connectivity index (χ4v) is 1.74. The van der Waals surface area contributed by atoms with Gasteiger partial charge in [-0.05, 0) is 61.4 Å². The van der Waals surface area contributed by atoms with Gasteiger partial charge in [-0.3, -0.25) is 0 Å². The number of nitrogen functional groups attached to an aromatic ring is 2. The first-order chi connectivity index (χ1) is 9.06. The molecule has 0 unspecified atom stereocenters. The topological polar surface area (TPSA) is 70.5 Å². The second-order valence-electron chi connectivity index (χ2n) is 4.38. The van der Waals surface area contributed by atoms with Gasteiger partial charge in [0.05, 0.1) is 0 Å². The number of aryl methyl sites for hydroxylation is 2. The van der Waals surface area contributed by atoms with Gasteiger partial charge in [0.25, 0.3) is 0 Å². The van der Waals surface area contributed by atoms with E-state index in [4.69, 9.17) is 20.8 Å². The highest BCUT2D eigenvalue weighted by molar-refractivity contribution is 6.20. The molecule has 0 aromatic heterocycles. The third-order valence-electron chi connectivity index (χ3n) is 2.75. The van der Waals surface area contributed by atoms with Crippen LogP contribution in [0.3, 0.4) is 0 Å². The zero-order chi connectivity index (χ0) is 13.8. The summed E-state index contributed by atoms with van der Waals surface area (Å²) in [4.78, 5) is 0. The van der Waals surface area contributed by atoms with Gasteiger partial charge in [0, 0.05) is 11.4 Å². The molecule has 4 nitrogen and oxygen atoms in total. The average Bonchev–Trinajstić information content (AvgIpc) is 2.34. The van der Waals surface area contributed by atoms with Crippen molar-refractivity contribution in [2.45, 2.75) is 13.8 Å². The molecule has 0 aliphatic heterocycles. The maximum atomic E-state index is 5.67. The number of hydrogen-bond acceptors (Lipinski definition) is 4. The summed E-state index contributed by atoms with van der Waals surface area (Å²) in [5.41, 5.74) is 14.7. The molecule has 0 aliphatic rings. The number of rotatable bonds is 4. The van der Waals surface area contributed by atoms with Crippen LogP contribution in [0.25, 0.3) is 0 Å². The molecule has 0 atom stereocenters. The molecule has 2 aromatic rings. The van der Waals surface area contributed by atoms with Gasteiger partial charge in [-0.25, -0.2) is 0 Å². The minimum absolute atomic E-state index is 0.708. The van der Waals surface area contributed by atoms with E-state index in [2.05, 4.69) is 0 Å². The summed E-state index contributed by atoms with van der Waals surface area (Å²) in [7, 11) is 1.30. The number of hydrogen-bond donors (Lipinski definition) is 2. The molecule has 0 spiro atoms. The van der Waals surface area contributed by atoms with Gasteiger partial charge in [0.2, 0.25) is 0 Å². The Labute approximate surface area is 113 Å². The SMILES string of the molecule is Cc1cc(N)ccc1O[B]Oc1ccc(N)cc1C. The second kappa shape index (κ2) is 5.56. The predicted molar refractivity (Wildman–Crippen MR) is 78.2 cm³/mol. The Kier molecular flexibility index (Phi) is 3.85. The second-order valence-corrected chi connectivity index (χ2v) is 4.38. The van der Waals surface area contributed by atoms with Crippen molar-refractivity contribution in [3.8, 4) is 11.5 Å². The first-order valence-corrected chi connectivity index (χ1v) is 5.93. The monoisotopic (exact) mass is 255 g/mol. The minimum atomic E-state index is 0.708. The first-order valence-electron chi connectivity index (χ1n) is 5.93. The largest absolute Gasteiger partial charge is 0.658 e. The molecule has 97 valence electrons. The zero-order valence-electron chi connectivity index (χ0n) is 11.0. The van der Waals surface area contributed by atoms with Crippen LogP contribution in [-0.4, -0.2) is 7.69 Å². The van der Waals surface area contributed by atoms with Crippen molar-refractivity contribution in [2.75, 3.05) is 11.5 Å². The van der Waals surface area contributed by atoms with E-state index in [1.54, 1.807) is 24.3 Å². The highest BCUT2D eigenvalue weighted by atomic mass is 16.6. The molecule has 0 bridgehead atoms. The summed E-state index contributed by atoms with van der Waals surface area (Å²) in [5.74, 6) is 1.42. The lowest BCUT2D eigenvalue weighted by Crippen LogP contribution is -2.12. The van der Waals surface area contributed by atoms with Gasteiger partial charge in [0.1, 0.15) is 11.5 Å². The summed E-state index contributed by atoms with van der Waals surface area (Å²) in [6.07, 6.45) is 0. The highest BCUT2D eigenvalue weighted by Crippen LogP contribution is 2.22. The molecule has 2 aromatic carbocycles. The Hall–Kier alpha value is -2.30. The van der Waals surface area contributed by atoms with E-state index in [-0.39, 0.29) is 0 Å². The van der Waals surface area contributed by atoms with Crippen LogP contribution in [0.15, 0.2) is 36.4 Å². The van der Waals surface area contributed by atoms with Crippen LogP contribution in [0, 0.1) is 13.8 Å². The van der Waals surface area contributed by atoms with Crippen molar-refractivity contribution in [1.82, 2.24) is 0 Å². The van der Waals surface area contributed by atoms with Crippen molar-refractivity contribution in [1.29, 1.82) is 0 Å². The molecule has 0 saturated carbocycles. The Morgan fingerprint density at radius 3 is 1.58 bits per heavy atom. The molecule has 0 saturated heterocycles. The van der Waals surface area contributed by atoms with E-state index in [0.29, 0.717) is 22.9 Å². The fraction of sp³-hybridized carbons (Fsp3) is 0.143. The third-order valence-corrected chi connectivity index (χ3v) is 2.75. The molecule has 0 amide bonds. The summed E-state index contributed by atoms with van der Waals surface area (Å²) < 4.78 is 10.9. The Balaban J connectivity index is 1.96. The molecular weight excluding hydrogens is 239 g/mol. The summed E-state index contributed by atoms with van der Waals surface area (Å²) in [6, 6.07) is 10.9. The van der Waals surface area contributed by atoms with Crippen LogP contribution < -0.4 is 20.8 Å². The summed E-state index contributed by atoms with van der Waals surface area (Å²) in [5, 5.41) is 0. The van der Waals surface area contributed by atoms with E-state index in [1.807, 2.05) is 26.0 Å². The quantitative estimate of drug-likeness (QED) is 0.650. The van der Waals surface area contributed by atoms with Crippen molar-refractivity contribution in [3.05, 3.63) is 47.5 Å². The molecular formula is C14H16BN2O2. The lowest BCUT2D eigenvalue weighted by atomic mass is 10.2. The molecule has 19 heavy (non-hydrogen) atoms.